The van der Waals surface area contributed by atoms with Crippen LogP contribution >= 0.6 is 0 Å². The minimum Gasteiger partial charge on any atom is -0.358 e. The van der Waals surface area contributed by atoms with Gasteiger partial charge in [-0.2, -0.15) is 0 Å². The Bertz CT molecular complexity index is 805. The topological polar surface area (TPSA) is 96.9 Å². The number of piperazine rings is 1. The zero-order chi connectivity index (χ0) is 17.4. The fraction of sp³-hybridized carbons (Fsp3) is 0.562. The molecule has 2 aliphatic rings. The van der Waals surface area contributed by atoms with E-state index in [9.17, 15) is 14.9 Å². The summed E-state index contributed by atoms with van der Waals surface area (Å²) in [5, 5.41) is 15.4. The van der Waals surface area contributed by atoms with E-state index in [1.165, 1.54) is 10.7 Å². The van der Waals surface area contributed by atoms with Crippen molar-refractivity contribution < 1.29 is 9.72 Å². The van der Waals surface area contributed by atoms with Crippen molar-refractivity contribution in [1.82, 2.24) is 19.5 Å². The Kier molecular flexibility index (Phi) is 3.98. The second kappa shape index (κ2) is 6.30. The van der Waals surface area contributed by atoms with E-state index in [1.54, 1.807) is 6.07 Å². The molecular weight excluding hydrogens is 324 g/mol. The lowest BCUT2D eigenvalue weighted by molar-refractivity contribution is -0.391. The molecule has 4 rings (SSSR count). The second-order valence-electron chi connectivity index (χ2n) is 6.63. The standard InChI is InChI=1S/C16H20N6O3/c23-16(12-3-1-2-4-12)20-9-7-19(8-10-20)14-6-5-13-17-11-15(22(24)25)21(13)18-14/h5-6,11-12H,1-4,7-10H2. The average Bonchev–Trinajstić information content (AvgIpc) is 3.30. The Labute approximate surface area is 144 Å². The van der Waals surface area contributed by atoms with Gasteiger partial charge in [-0.3, -0.25) is 4.79 Å². The summed E-state index contributed by atoms with van der Waals surface area (Å²) in [6.07, 6.45) is 5.56. The summed E-state index contributed by atoms with van der Waals surface area (Å²) in [7, 11) is 0. The number of imidazole rings is 1. The van der Waals surface area contributed by atoms with Crippen LogP contribution in [0.15, 0.2) is 18.3 Å². The van der Waals surface area contributed by atoms with Crippen molar-refractivity contribution >= 4 is 23.2 Å². The van der Waals surface area contributed by atoms with E-state index in [4.69, 9.17) is 0 Å². The summed E-state index contributed by atoms with van der Waals surface area (Å²) in [6, 6.07) is 3.55. The largest absolute Gasteiger partial charge is 0.368 e. The van der Waals surface area contributed by atoms with Gasteiger partial charge in [0.05, 0.1) is 0 Å². The molecule has 0 atom stereocenters. The van der Waals surface area contributed by atoms with E-state index < -0.39 is 4.92 Å². The van der Waals surface area contributed by atoms with Gasteiger partial charge in [-0.05, 0) is 23.8 Å². The maximum absolute atomic E-state index is 12.5. The second-order valence-corrected chi connectivity index (χ2v) is 6.63. The van der Waals surface area contributed by atoms with Crippen LogP contribution in [-0.2, 0) is 4.79 Å². The number of nitro groups is 1. The Balaban J connectivity index is 1.47. The molecule has 3 heterocycles. The first-order valence-corrected chi connectivity index (χ1v) is 8.66. The predicted octanol–water partition coefficient (Wildman–Crippen LogP) is 1.48. The molecule has 0 spiro atoms. The first kappa shape index (κ1) is 15.8. The molecule has 1 aliphatic heterocycles. The third kappa shape index (κ3) is 2.90. The molecule has 0 aromatic carbocycles. The quantitative estimate of drug-likeness (QED) is 0.618. The van der Waals surface area contributed by atoms with Gasteiger partial charge in [-0.25, -0.2) is 4.98 Å². The van der Waals surface area contributed by atoms with E-state index in [2.05, 4.69) is 15.0 Å². The fourth-order valence-corrected chi connectivity index (χ4v) is 3.73. The Hall–Kier alpha value is -2.71. The Morgan fingerprint density at radius 2 is 1.88 bits per heavy atom. The van der Waals surface area contributed by atoms with Crippen LogP contribution in [0.1, 0.15) is 25.7 Å². The first-order valence-electron chi connectivity index (χ1n) is 8.66. The number of carbonyl (C=O) groups is 1. The smallest absolute Gasteiger partial charge is 0.358 e. The highest BCUT2D eigenvalue weighted by Crippen LogP contribution is 2.27. The molecule has 0 radical (unpaired) electrons. The molecule has 1 aliphatic carbocycles. The van der Waals surface area contributed by atoms with Gasteiger partial charge in [-0.1, -0.05) is 22.5 Å². The highest BCUT2D eigenvalue weighted by Gasteiger charge is 2.30. The van der Waals surface area contributed by atoms with E-state index in [0.717, 1.165) is 25.7 Å². The van der Waals surface area contributed by atoms with E-state index in [0.29, 0.717) is 37.6 Å². The van der Waals surface area contributed by atoms with Crippen LogP contribution in [0.25, 0.3) is 5.65 Å². The lowest BCUT2D eigenvalue weighted by atomic mass is 10.1. The van der Waals surface area contributed by atoms with Crippen LogP contribution in [0, 0.1) is 16.0 Å². The number of hydrogen-bond donors (Lipinski definition) is 0. The van der Waals surface area contributed by atoms with E-state index in [1.807, 2.05) is 11.0 Å². The highest BCUT2D eigenvalue weighted by atomic mass is 16.6. The lowest BCUT2D eigenvalue weighted by Gasteiger charge is -2.36. The van der Waals surface area contributed by atoms with E-state index in [-0.39, 0.29) is 17.6 Å². The zero-order valence-electron chi connectivity index (χ0n) is 13.9. The summed E-state index contributed by atoms with van der Waals surface area (Å²) in [6.45, 7) is 2.70. The average molecular weight is 344 g/mol. The summed E-state index contributed by atoms with van der Waals surface area (Å²) in [5.74, 6) is 1.01. The van der Waals surface area contributed by atoms with Crippen molar-refractivity contribution in [3.8, 4) is 0 Å². The molecule has 0 N–H and O–H groups in total. The fourth-order valence-electron chi connectivity index (χ4n) is 3.73. The zero-order valence-corrected chi connectivity index (χ0v) is 13.9. The number of hydrogen-bond acceptors (Lipinski definition) is 6. The van der Waals surface area contributed by atoms with Crippen LogP contribution in [0.3, 0.4) is 0 Å². The van der Waals surface area contributed by atoms with E-state index >= 15 is 0 Å². The molecule has 0 unspecified atom stereocenters. The molecule has 25 heavy (non-hydrogen) atoms. The van der Waals surface area contributed by atoms with Crippen molar-refractivity contribution in [2.45, 2.75) is 25.7 Å². The van der Waals surface area contributed by atoms with Gasteiger partial charge in [0.1, 0.15) is 6.20 Å². The van der Waals surface area contributed by atoms with Gasteiger partial charge in [0, 0.05) is 38.2 Å². The summed E-state index contributed by atoms with van der Waals surface area (Å²) >= 11 is 0. The summed E-state index contributed by atoms with van der Waals surface area (Å²) < 4.78 is 1.26. The molecule has 132 valence electrons. The van der Waals surface area contributed by atoms with Gasteiger partial charge in [0.15, 0.2) is 5.82 Å². The SMILES string of the molecule is O=C(C1CCCC1)N1CCN(c2ccc3ncc([N+](=O)[O-])n3n2)CC1. The summed E-state index contributed by atoms with van der Waals surface area (Å²) in [5.41, 5.74) is 0.450. The number of anilines is 1. The normalized spacial score (nSPS) is 18.9. The van der Waals surface area contributed by atoms with Crippen molar-refractivity contribution in [3.63, 3.8) is 0 Å². The molecule has 2 aromatic heterocycles. The molecule has 2 aromatic rings. The molecule has 9 heteroatoms. The third-order valence-corrected chi connectivity index (χ3v) is 5.14. The number of fused-ring (bicyclic) bond motifs is 1. The number of amides is 1. The summed E-state index contributed by atoms with van der Waals surface area (Å²) in [4.78, 5) is 31.1. The van der Waals surface area contributed by atoms with Crippen molar-refractivity contribution in [2.24, 2.45) is 5.92 Å². The van der Waals surface area contributed by atoms with Gasteiger partial charge in [0.2, 0.25) is 11.6 Å². The maximum atomic E-state index is 12.5. The lowest BCUT2D eigenvalue weighted by Crippen LogP contribution is -2.50. The molecule has 1 saturated heterocycles. The van der Waals surface area contributed by atoms with Crippen LogP contribution in [0.2, 0.25) is 0 Å². The number of nitrogens with zero attached hydrogens (tertiary/aromatic N) is 6. The number of aromatic nitrogens is 3. The molecule has 9 nitrogen and oxygen atoms in total. The third-order valence-electron chi connectivity index (χ3n) is 5.14. The molecule has 1 saturated carbocycles. The number of rotatable bonds is 3. The van der Waals surface area contributed by atoms with Crippen LogP contribution < -0.4 is 4.90 Å². The van der Waals surface area contributed by atoms with Crippen molar-refractivity contribution in [3.05, 3.63) is 28.4 Å². The van der Waals surface area contributed by atoms with Gasteiger partial charge >= 0.3 is 5.82 Å². The predicted molar refractivity (Wildman–Crippen MR) is 90.4 cm³/mol. The highest BCUT2D eigenvalue weighted by molar-refractivity contribution is 5.79. The molecule has 0 bridgehead atoms. The minimum absolute atomic E-state index is 0.146. The van der Waals surface area contributed by atoms with Gasteiger partial charge in [-0.15, -0.1) is 0 Å². The van der Waals surface area contributed by atoms with Gasteiger partial charge in [0.25, 0.3) is 0 Å². The number of carbonyl (C=O) groups excluding carboxylic acids is 1. The van der Waals surface area contributed by atoms with Crippen molar-refractivity contribution in [2.75, 3.05) is 31.1 Å². The first-order chi connectivity index (χ1) is 12.1. The van der Waals surface area contributed by atoms with Gasteiger partial charge < -0.3 is 19.9 Å². The van der Waals surface area contributed by atoms with Crippen LogP contribution in [-0.4, -0.2) is 56.5 Å². The molecule has 1 amide bonds. The molecular formula is C16H20N6O3. The Morgan fingerprint density at radius 1 is 1.16 bits per heavy atom. The Morgan fingerprint density at radius 3 is 2.56 bits per heavy atom. The van der Waals surface area contributed by atoms with Crippen LogP contribution in [0.4, 0.5) is 11.6 Å². The maximum Gasteiger partial charge on any atom is 0.368 e. The minimum atomic E-state index is -0.491. The van der Waals surface area contributed by atoms with Crippen molar-refractivity contribution in [1.29, 1.82) is 0 Å². The monoisotopic (exact) mass is 344 g/mol. The van der Waals surface area contributed by atoms with Crippen LogP contribution in [0.5, 0.6) is 0 Å². The molecule has 2 fully saturated rings.